The minimum absolute atomic E-state index is 0.0304. The van der Waals surface area contributed by atoms with E-state index in [-0.39, 0.29) is 18.3 Å². The van der Waals surface area contributed by atoms with Gasteiger partial charge in [-0.05, 0) is 24.0 Å². The highest BCUT2D eigenvalue weighted by Gasteiger charge is 2.49. The van der Waals surface area contributed by atoms with Gasteiger partial charge in [0.1, 0.15) is 12.1 Å². The van der Waals surface area contributed by atoms with Crippen molar-refractivity contribution in [2.24, 2.45) is 0 Å². The van der Waals surface area contributed by atoms with Gasteiger partial charge >= 0.3 is 6.03 Å². The third-order valence-electron chi connectivity index (χ3n) is 4.55. The molecule has 0 saturated carbocycles. The zero-order valence-corrected chi connectivity index (χ0v) is 14.9. The van der Waals surface area contributed by atoms with E-state index in [0.29, 0.717) is 18.2 Å². The molecule has 7 heteroatoms. The number of nitrogens with zero attached hydrogens (tertiary/aromatic N) is 3. The molecule has 0 aliphatic carbocycles. The van der Waals surface area contributed by atoms with E-state index in [4.69, 9.17) is 4.52 Å². The Kier molecular flexibility index (Phi) is 4.32. The van der Waals surface area contributed by atoms with Gasteiger partial charge in [0, 0.05) is 6.42 Å². The molecule has 7 nitrogen and oxygen atoms in total. The first kappa shape index (κ1) is 17.1. The number of benzene rings is 1. The second-order valence-corrected chi connectivity index (χ2v) is 6.68. The molecule has 2 aromatic rings. The number of carbonyl (C=O) groups excluding carboxylic acids is 2. The second-order valence-electron chi connectivity index (χ2n) is 6.68. The van der Waals surface area contributed by atoms with E-state index in [1.807, 2.05) is 31.2 Å². The molecule has 0 unspecified atom stereocenters. The van der Waals surface area contributed by atoms with Crippen LogP contribution in [0, 0.1) is 0 Å². The predicted octanol–water partition coefficient (Wildman–Crippen LogP) is 2.72. The quantitative estimate of drug-likeness (QED) is 0.844. The normalized spacial score (nSPS) is 20.4. The van der Waals surface area contributed by atoms with Gasteiger partial charge in [0.05, 0.1) is 0 Å². The summed E-state index contributed by atoms with van der Waals surface area (Å²) in [5.41, 5.74) is 0.830. The highest BCUT2D eigenvalue weighted by molar-refractivity contribution is 6.07. The molecule has 0 spiro atoms. The predicted molar refractivity (Wildman–Crippen MR) is 90.6 cm³/mol. The van der Waals surface area contributed by atoms with Crippen LogP contribution in [0.25, 0.3) is 0 Å². The largest absolute Gasteiger partial charge is 0.337 e. The maximum atomic E-state index is 12.9. The maximum Gasteiger partial charge on any atom is 0.325 e. The van der Waals surface area contributed by atoms with E-state index in [2.05, 4.69) is 29.3 Å². The summed E-state index contributed by atoms with van der Waals surface area (Å²) in [6.07, 6.45) is 0.629. The molecule has 1 N–H and O–H groups in total. The number of aryl methyl sites for hydroxylation is 1. The smallest absolute Gasteiger partial charge is 0.325 e. The van der Waals surface area contributed by atoms with E-state index in [0.717, 1.165) is 10.5 Å². The number of imide groups is 1. The Morgan fingerprint density at radius 2 is 1.92 bits per heavy atom. The molecule has 1 aromatic heterocycles. The van der Waals surface area contributed by atoms with Crippen LogP contribution in [0.2, 0.25) is 0 Å². The molecule has 2 heterocycles. The lowest BCUT2D eigenvalue weighted by Gasteiger charge is -2.22. The SMILES string of the molecule is CCc1noc(CN2C(=O)N[C@@](C)(c3ccc(C(C)C)cc3)C2=O)n1. The molecule has 3 rings (SSSR count). The fourth-order valence-corrected chi connectivity index (χ4v) is 2.87. The minimum Gasteiger partial charge on any atom is -0.337 e. The topological polar surface area (TPSA) is 88.3 Å². The number of urea groups is 1. The molecule has 1 aromatic carbocycles. The van der Waals surface area contributed by atoms with Crippen LogP contribution in [-0.2, 0) is 23.3 Å². The van der Waals surface area contributed by atoms with Crippen molar-refractivity contribution in [1.29, 1.82) is 0 Å². The van der Waals surface area contributed by atoms with Gasteiger partial charge in [0.2, 0.25) is 5.89 Å². The van der Waals surface area contributed by atoms with Crippen LogP contribution in [0.3, 0.4) is 0 Å². The van der Waals surface area contributed by atoms with Crippen LogP contribution in [-0.4, -0.2) is 27.0 Å². The fraction of sp³-hybridized carbons (Fsp3) is 0.444. The molecule has 25 heavy (non-hydrogen) atoms. The molecule has 1 aliphatic rings. The van der Waals surface area contributed by atoms with Gasteiger partial charge < -0.3 is 9.84 Å². The highest BCUT2D eigenvalue weighted by atomic mass is 16.5. The molecule has 0 radical (unpaired) electrons. The average molecular weight is 342 g/mol. The Labute approximate surface area is 146 Å². The van der Waals surface area contributed by atoms with Crippen LogP contribution >= 0.6 is 0 Å². The molecule has 1 aliphatic heterocycles. The second kappa shape index (κ2) is 6.31. The van der Waals surface area contributed by atoms with Gasteiger partial charge in [0.25, 0.3) is 5.91 Å². The highest BCUT2D eigenvalue weighted by Crippen LogP contribution is 2.30. The lowest BCUT2D eigenvalue weighted by atomic mass is 9.90. The summed E-state index contributed by atoms with van der Waals surface area (Å²) >= 11 is 0. The van der Waals surface area contributed by atoms with Crippen LogP contribution in [0.1, 0.15) is 56.5 Å². The van der Waals surface area contributed by atoms with Crippen molar-refractivity contribution in [3.8, 4) is 0 Å². The summed E-state index contributed by atoms with van der Waals surface area (Å²) in [4.78, 5) is 30.5. The molecule has 3 amide bonds. The number of rotatable bonds is 5. The number of carbonyl (C=O) groups is 2. The molecule has 1 saturated heterocycles. The van der Waals surface area contributed by atoms with Crippen LogP contribution in [0.4, 0.5) is 4.79 Å². The Bertz CT molecular complexity index is 797. The minimum atomic E-state index is -1.10. The third-order valence-corrected chi connectivity index (χ3v) is 4.55. The number of amides is 3. The first-order valence-corrected chi connectivity index (χ1v) is 8.41. The number of nitrogens with one attached hydrogen (secondary N) is 1. The molecular formula is C18H22N4O3. The zero-order chi connectivity index (χ0) is 18.2. The van der Waals surface area contributed by atoms with Gasteiger partial charge in [-0.1, -0.05) is 50.2 Å². The number of hydrogen-bond acceptors (Lipinski definition) is 5. The van der Waals surface area contributed by atoms with Gasteiger partial charge in [-0.3, -0.25) is 9.69 Å². The molecular weight excluding hydrogens is 320 g/mol. The van der Waals surface area contributed by atoms with E-state index >= 15 is 0 Å². The van der Waals surface area contributed by atoms with Gasteiger partial charge in [-0.15, -0.1) is 0 Å². The third kappa shape index (κ3) is 3.01. The Morgan fingerprint density at radius 1 is 1.24 bits per heavy atom. The molecule has 1 fully saturated rings. The van der Waals surface area contributed by atoms with Gasteiger partial charge in [0.15, 0.2) is 5.82 Å². The zero-order valence-electron chi connectivity index (χ0n) is 14.9. The van der Waals surface area contributed by atoms with E-state index in [9.17, 15) is 9.59 Å². The van der Waals surface area contributed by atoms with Crippen molar-refractivity contribution in [3.05, 3.63) is 47.1 Å². The standard InChI is InChI=1S/C18H22N4O3/c1-5-14-19-15(25-21-14)10-22-16(23)18(4,20-17(22)24)13-8-6-12(7-9-13)11(2)3/h6-9,11H,5,10H2,1-4H3,(H,20,24)/t18-/m0/s1. The van der Waals surface area contributed by atoms with Crippen molar-refractivity contribution >= 4 is 11.9 Å². The van der Waals surface area contributed by atoms with Gasteiger partial charge in [-0.2, -0.15) is 4.98 Å². The van der Waals surface area contributed by atoms with Crippen molar-refractivity contribution in [2.45, 2.75) is 52.1 Å². The number of hydrogen-bond donors (Lipinski definition) is 1. The lowest BCUT2D eigenvalue weighted by molar-refractivity contribution is -0.131. The molecule has 1 atom stereocenters. The Morgan fingerprint density at radius 3 is 2.48 bits per heavy atom. The van der Waals surface area contributed by atoms with Crippen molar-refractivity contribution < 1.29 is 14.1 Å². The Hall–Kier alpha value is -2.70. The van der Waals surface area contributed by atoms with Crippen molar-refractivity contribution in [2.75, 3.05) is 0 Å². The first-order valence-electron chi connectivity index (χ1n) is 8.41. The van der Waals surface area contributed by atoms with Crippen LogP contribution in [0.5, 0.6) is 0 Å². The van der Waals surface area contributed by atoms with Crippen molar-refractivity contribution in [1.82, 2.24) is 20.4 Å². The summed E-state index contributed by atoms with van der Waals surface area (Å²) in [6.45, 7) is 7.80. The van der Waals surface area contributed by atoms with Gasteiger partial charge in [-0.25, -0.2) is 4.79 Å². The summed E-state index contributed by atoms with van der Waals surface area (Å²) in [5.74, 6) is 0.873. The Balaban J connectivity index is 1.83. The monoisotopic (exact) mass is 342 g/mol. The average Bonchev–Trinajstić information content (AvgIpc) is 3.14. The first-order chi connectivity index (χ1) is 11.8. The van der Waals surface area contributed by atoms with Crippen LogP contribution < -0.4 is 5.32 Å². The molecule has 0 bridgehead atoms. The van der Waals surface area contributed by atoms with E-state index < -0.39 is 11.6 Å². The van der Waals surface area contributed by atoms with E-state index in [1.165, 1.54) is 5.56 Å². The molecule has 132 valence electrons. The summed E-state index contributed by atoms with van der Waals surface area (Å²) in [6, 6.07) is 7.28. The summed E-state index contributed by atoms with van der Waals surface area (Å²) < 4.78 is 5.10. The summed E-state index contributed by atoms with van der Waals surface area (Å²) in [5, 5.41) is 6.58. The number of aromatic nitrogens is 2. The maximum absolute atomic E-state index is 12.9. The summed E-state index contributed by atoms with van der Waals surface area (Å²) in [7, 11) is 0. The fourth-order valence-electron chi connectivity index (χ4n) is 2.87. The van der Waals surface area contributed by atoms with E-state index in [1.54, 1.807) is 6.92 Å². The lowest BCUT2D eigenvalue weighted by Crippen LogP contribution is -2.40. The van der Waals surface area contributed by atoms with Crippen LogP contribution in [0.15, 0.2) is 28.8 Å². The van der Waals surface area contributed by atoms with Crippen molar-refractivity contribution in [3.63, 3.8) is 0 Å².